The number of aliphatic hydroxyl groups excluding tert-OH is 1. The summed E-state index contributed by atoms with van der Waals surface area (Å²) in [7, 11) is -4.12. The van der Waals surface area contributed by atoms with E-state index in [1.165, 1.54) is 42.5 Å². The molecule has 4 N–H and O–H groups in total. The Labute approximate surface area is 164 Å². The molecule has 1 unspecified atom stereocenters. The van der Waals surface area contributed by atoms with Crippen molar-refractivity contribution in [3.05, 3.63) is 71.7 Å². The fourth-order valence-corrected chi connectivity index (χ4v) is 4.05. The number of aryl methyl sites for hydroxylation is 1. The number of anilines is 1. The molecule has 29 heavy (non-hydrogen) atoms. The van der Waals surface area contributed by atoms with Crippen LogP contribution in [0, 0.1) is 0 Å². The number of rotatable bonds is 5. The van der Waals surface area contributed by atoms with Gasteiger partial charge < -0.3 is 15.3 Å². The van der Waals surface area contributed by atoms with Crippen molar-refractivity contribution in [2.75, 3.05) is 4.31 Å². The Kier molecular flexibility index (Phi) is 5.13. The van der Waals surface area contributed by atoms with E-state index in [1.807, 2.05) is 4.72 Å². The van der Waals surface area contributed by atoms with Crippen molar-refractivity contribution in [2.45, 2.75) is 24.6 Å². The zero-order valence-electron chi connectivity index (χ0n) is 14.8. The average Bonchev–Trinajstić information content (AvgIpc) is 2.91. The Morgan fingerprint density at radius 3 is 2.21 bits per heavy atom. The second-order valence-electron chi connectivity index (χ2n) is 6.46. The van der Waals surface area contributed by atoms with Crippen molar-refractivity contribution in [3.8, 4) is 5.75 Å². The summed E-state index contributed by atoms with van der Waals surface area (Å²) in [6, 6.07) is 10.3. The van der Waals surface area contributed by atoms with Crippen LogP contribution in [0.3, 0.4) is 0 Å². The second-order valence-corrected chi connectivity index (χ2v) is 8.01. The molecule has 3 rings (SSSR count). The van der Waals surface area contributed by atoms with E-state index >= 15 is 0 Å². The van der Waals surface area contributed by atoms with Gasteiger partial charge in [-0.1, -0.05) is 36.4 Å². The van der Waals surface area contributed by atoms with Crippen molar-refractivity contribution < 1.29 is 36.9 Å². The van der Waals surface area contributed by atoms with Gasteiger partial charge in [-0.15, -0.1) is 0 Å². The molecular weight excluding hydrogens is 413 g/mol. The number of nitrogens with one attached hydrogen (secondary N) is 1. The van der Waals surface area contributed by atoms with Crippen molar-refractivity contribution in [1.29, 1.82) is 0 Å². The summed E-state index contributed by atoms with van der Waals surface area (Å²) < 4.78 is 66.8. The van der Waals surface area contributed by atoms with Crippen LogP contribution in [0.2, 0.25) is 0 Å². The smallest absolute Gasteiger partial charge is 0.421 e. The molecular formula is C18H17F3N2O5S. The van der Waals surface area contributed by atoms with E-state index < -0.39 is 40.0 Å². The van der Waals surface area contributed by atoms with Crippen molar-refractivity contribution in [2.24, 2.45) is 0 Å². The molecule has 0 aliphatic carbocycles. The van der Waals surface area contributed by atoms with Crippen LogP contribution in [0.5, 0.6) is 5.75 Å². The summed E-state index contributed by atoms with van der Waals surface area (Å²) in [5.74, 6) is -1.17. The van der Waals surface area contributed by atoms with Gasteiger partial charge in [0.1, 0.15) is 11.4 Å². The maximum absolute atomic E-state index is 13.6. The average molecular weight is 430 g/mol. The molecule has 0 saturated carbocycles. The quantitative estimate of drug-likeness (QED) is 0.583. The summed E-state index contributed by atoms with van der Waals surface area (Å²) in [5, 5.41) is 29.8. The minimum atomic E-state index is -4.92. The van der Waals surface area contributed by atoms with Gasteiger partial charge in [-0.25, -0.2) is 9.03 Å². The van der Waals surface area contributed by atoms with Crippen LogP contribution in [0.1, 0.15) is 17.5 Å². The summed E-state index contributed by atoms with van der Waals surface area (Å²) in [6.45, 7) is 0. The molecule has 0 saturated heterocycles. The molecule has 1 aliphatic heterocycles. The third kappa shape index (κ3) is 3.96. The number of alkyl halides is 3. The summed E-state index contributed by atoms with van der Waals surface area (Å²) in [6.07, 6.45) is -5.04. The highest BCUT2D eigenvalue weighted by Crippen LogP contribution is 2.42. The number of hydrogen-bond donors (Lipinski definition) is 4. The maximum atomic E-state index is 13.6. The lowest BCUT2D eigenvalue weighted by molar-refractivity contribution is -0.269. The lowest BCUT2D eigenvalue weighted by atomic mass is 9.87. The SMILES string of the molecule is O=S1(=O)NC(O)=CN1c1ccc(CCC(O)(c2ccccc2)C(F)(F)F)cc1O. The van der Waals surface area contributed by atoms with Gasteiger partial charge in [0.05, 0.1) is 6.20 Å². The van der Waals surface area contributed by atoms with Crippen molar-refractivity contribution >= 4 is 15.9 Å². The summed E-state index contributed by atoms with van der Waals surface area (Å²) >= 11 is 0. The molecule has 0 fully saturated rings. The molecule has 1 atom stereocenters. The van der Waals surface area contributed by atoms with Crippen molar-refractivity contribution in [3.63, 3.8) is 0 Å². The molecule has 7 nitrogen and oxygen atoms in total. The van der Waals surface area contributed by atoms with Gasteiger partial charge in [0.2, 0.25) is 5.88 Å². The molecule has 2 aromatic carbocycles. The number of aromatic hydroxyl groups is 1. The predicted octanol–water partition coefficient (Wildman–Crippen LogP) is 2.79. The fraction of sp³-hybridized carbons (Fsp3) is 0.222. The highest BCUT2D eigenvalue weighted by atomic mass is 32.2. The van der Waals surface area contributed by atoms with E-state index in [1.54, 1.807) is 0 Å². The lowest BCUT2D eigenvalue weighted by Gasteiger charge is -2.31. The van der Waals surface area contributed by atoms with Crippen LogP contribution in [-0.4, -0.2) is 29.9 Å². The molecule has 2 aromatic rings. The highest BCUT2D eigenvalue weighted by Gasteiger charge is 2.54. The molecule has 1 heterocycles. The van der Waals surface area contributed by atoms with Gasteiger partial charge >= 0.3 is 16.4 Å². The molecule has 11 heteroatoms. The van der Waals surface area contributed by atoms with E-state index in [2.05, 4.69) is 0 Å². The molecule has 0 aromatic heterocycles. The Hall–Kier alpha value is -2.92. The van der Waals surface area contributed by atoms with Gasteiger partial charge in [-0.05, 0) is 36.1 Å². The minimum Gasteiger partial charge on any atom is -0.506 e. The van der Waals surface area contributed by atoms with Crippen LogP contribution < -0.4 is 9.03 Å². The first-order chi connectivity index (χ1) is 13.4. The third-order valence-corrected chi connectivity index (χ3v) is 5.79. The van der Waals surface area contributed by atoms with Gasteiger partial charge in [0.25, 0.3) is 0 Å². The number of benzene rings is 2. The number of halogens is 3. The normalized spacial score (nSPS) is 18.1. The van der Waals surface area contributed by atoms with Crippen LogP contribution >= 0.6 is 0 Å². The Balaban J connectivity index is 1.85. The zero-order chi connectivity index (χ0) is 21.4. The highest BCUT2D eigenvalue weighted by molar-refractivity contribution is 7.91. The number of aliphatic hydroxyl groups is 2. The van der Waals surface area contributed by atoms with Gasteiger partial charge in [-0.2, -0.15) is 21.6 Å². The second kappa shape index (κ2) is 7.16. The van der Waals surface area contributed by atoms with Crippen LogP contribution in [0.15, 0.2) is 60.6 Å². The third-order valence-electron chi connectivity index (χ3n) is 4.51. The Bertz CT molecular complexity index is 1040. The summed E-state index contributed by atoms with van der Waals surface area (Å²) in [4.78, 5) is 0. The van der Waals surface area contributed by atoms with E-state index in [4.69, 9.17) is 0 Å². The van der Waals surface area contributed by atoms with E-state index in [0.29, 0.717) is 4.31 Å². The maximum Gasteiger partial charge on any atom is 0.421 e. The van der Waals surface area contributed by atoms with E-state index in [-0.39, 0.29) is 23.2 Å². The molecule has 0 radical (unpaired) electrons. The lowest BCUT2D eigenvalue weighted by Crippen LogP contribution is -2.42. The first-order valence-electron chi connectivity index (χ1n) is 8.33. The van der Waals surface area contributed by atoms with Crippen molar-refractivity contribution in [1.82, 2.24) is 4.72 Å². The van der Waals surface area contributed by atoms with Crippen LogP contribution in [0.4, 0.5) is 18.9 Å². The van der Waals surface area contributed by atoms with E-state index in [0.717, 1.165) is 12.3 Å². The number of phenolic OH excluding ortho intramolecular Hbond substituents is 1. The number of phenols is 1. The first kappa shape index (κ1) is 20.8. The van der Waals surface area contributed by atoms with Crippen LogP contribution in [0.25, 0.3) is 0 Å². The largest absolute Gasteiger partial charge is 0.506 e. The Morgan fingerprint density at radius 2 is 1.69 bits per heavy atom. The van der Waals surface area contributed by atoms with Gasteiger partial charge in [0, 0.05) is 0 Å². The molecule has 0 amide bonds. The molecule has 0 spiro atoms. The van der Waals surface area contributed by atoms with Crippen LogP contribution in [-0.2, 0) is 22.2 Å². The fourth-order valence-electron chi connectivity index (χ4n) is 2.99. The molecule has 156 valence electrons. The zero-order valence-corrected chi connectivity index (χ0v) is 15.6. The first-order valence-corrected chi connectivity index (χ1v) is 9.77. The topological polar surface area (TPSA) is 110 Å². The molecule has 0 bridgehead atoms. The molecule has 1 aliphatic rings. The predicted molar refractivity (Wildman–Crippen MR) is 98.1 cm³/mol. The van der Waals surface area contributed by atoms with E-state index in [9.17, 15) is 36.9 Å². The Morgan fingerprint density at radius 1 is 1.03 bits per heavy atom. The monoisotopic (exact) mass is 430 g/mol. The number of hydrogen-bond acceptors (Lipinski definition) is 5. The number of nitrogens with zero attached hydrogens (tertiary/aromatic N) is 1. The standard InChI is InChI=1S/C18H17F3N2O5S/c19-18(20,21)17(26,13-4-2-1-3-5-13)9-8-12-6-7-14(15(24)10-12)23-11-16(25)22-29(23,27)28/h1-7,10-11,22,24-26H,8-9H2. The van der Waals surface area contributed by atoms with Gasteiger partial charge in [0.15, 0.2) is 5.60 Å². The summed E-state index contributed by atoms with van der Waals surface area (Å²) in [5.41, 5.74) is -3.33. The van der Waals surface area contributed by atoms with Gasteiger partial charge in [-0.3, -0.25) is 0 Å². The minimum absolute atomic E-state index is 0.195.